The maximum atomic E-state index is 12.5. The number of fused-ring (bicyclic) bond motifs is 1. The molecule has 28 heavy (non-hydrogen) atoms. The van der Waals surface area contributed by atoms with E-state index in [9.17, 15) is 4.79 Å². The van der Waals surface area contributed by atoms with Crippen molar-refractivity contribution in [3.8, 4) is 11.1 Å². The first kappa shape index (κ1) is 17.9. The van der Waals surface area contributed by atoms with Gasteiger partial charge < -0.3 is 5.32 Å². The summed E-state index contributed by atoms with van der Waals surface area (Å²) in [6.45, 7) is 0. The fourth-order valence-electron chi connectivity index (χ4n) is 3.04. The SMILES string of the molecule is O=C(NC(=S)Nc1ccc(-c2ccccc2)cc1)c1ccc2ccccc2c1. The average molecular weight is 382 g/mol. The molecule has 0 radical (unpaired) electrons. The number of hydrogen-bond donors (Lipinski definition) is 2. The van der Waals surface area contributed by atoms with Crippen molar-refractivity contribution in [2.45, 2.75) is 0 Å². The van der Waals surface area contributed by atoms with E-state index in [-0.39, 0.29) is 11.0 Å². The first-order valence-electron chi connectivity index (χ1n) is 8.96. The Hall–Kier alpha value is -3.50. The summed E-state index contributed by atoms with van der Waals surface area (Å²) in [6.07, 6.45) is 0. The van der Waals surface area contributed by atoms with Gasteiger partial charge in [-0.25, -0.2) is 0 Å². The van der Waals surface area contributed by atoms with Crippen LogP contribution in [0.25, 0.3) is 21.9 Å². The molecule has 0 spiro atoms. The Kier molecular flexibility index (Phi) is 5.13. The number of thiocarbonyl (C=S) groups is 1. The van der Waals surface area contributed by atoms with Crippen molar-refractivity contribution in [1.29, 1.82) is 0 Å². The Balaban J connectivity index is 1.41. The van der Waals surface area contributed by atoms with E-state index in [1.807, 2.05) is 78.9 Å². The number of anilines is 1. The molecule has 136 valence electrons. The molecule has 0 aliphatic heterocycles. The van der Waals surface area contributed by atoms with Crippen molar-refractivity contribution >= 4 is 39.7 Å². The van der Waals surface area contributed by atoms with Gasteiger partial charge in [0, 0.05) is 11.3 Å². The molecule has 3 nitrogen and oxygen atoms in total. The molecule has 0 aliphatic rings. The quantitative estimate of drug-likeness (QED) is 0.451. The van der Waals surface area contributed by atoms with E-state index in [0.29, 0.717) is 5.56 Å². The molecule has 0 atom stereocenters. The zero-order valence-corrected chi connectivity index (χ0v) is 15.9. The van der Waals surface area contributed by atoms with Gasteiger partial charge in [0.2, 0.25) is 0 Å². The molecular formula is C24H18N2OS. The third-order valence-corrected chi connectivity index (χ3v) is 4.69. The first-order chi connectivity index (χ1) is 13.7. The lowest BCUT2D eigenvalue weighted by Gasteiger charge is -2.11. The molecule has 4 rings (SSSR count). The molecular weight excluding hydrogens is 364 g/mol. The van der Waals surface area contributed by atoms with E-state index < -0.39 is 0 Å². The van der Waals surface area contributed by atoms with Gasteiger partial charge in [-0.3, -0.25) is 10.1 Å². The minimum Gasteiger partial charge on any atom is -0.332 e. The summed E-state index contributed by atoms with van der Waals surface area (Å²) < 4.78 is 0. The molecule has 1 amide bonds. The molecule has 0 unspecified atom stereocenters. The number of carbonyl (C=O) groups excluding carboxylic acids is 1. The van der Waals surface area contributed by atoms with Crippen molar-refractivity contribution in [2.75, 3.05) is 5.32 Å². The zero-order valence-electron chi connectivity index (χ0n) is 15.1. The molecule has 2 N–H and O–H groups in total. The van der Waals surface area contributed by atoms with E-state index in [4.69, 9.17) is 12.2 Å². The van der Waals surface area contributed by atoms with Crippen LogP contribution in [0.15, 0.2) is 97.1 Å². The maximum Gasteiger partial charge on any atom is 0.257 e. The van der Waals surface area contributed by atoms with E-state index >= 15 is 0 Å². The van der Waals surface area contributed by atoms with Crippen molar-refractivity contribution in [3.63, 3.8) is 0 Å². The fourth-order valence-corrected chi connectivity index (χ4v) is 3.26. The molecule has 4 heteroatoms. The highest BCUT2D eigenvalue weighted by Gasteiger charge is 2.09. The predicted octanol–water partition coefficient (Wildman–Crippen LogP) is 5.63. The molecule has 0 aromatic heterocycles. The van der Waals surface area contributed by atoms with Crippen LogP contribution < -0.4 is 10.6 Å². The van der Waals surface area contributed by atoms with Gasteiger partial charge in [-0.15, -0.1) is 0 Å². The Morgan fingerprint density at radius 1 is 0.679 bits per heavy atom. The highest BCUT2D eigenvalue weighted by atomic mass is 32.1. The Morgan fingerprint density at radius 2 is 1.32 bits per heavy atom. The molecule has 0 saturated carbocycles. The van der Waals surface area contributed by atoms with Crippen LogP contribution in [-0.2, 0) is 0 Å². The minimum absolute atomic E-state index is 0.232. The van der Waals surface area contributed by atoms with E-state index in [1.54, 1.807) is 6.07 Å². The normalized spacial score (nSPS) is 10.4. The summed E-state index contributed by atoms with van der Waals surface area (Å²) in [4.78, 5) is 12.5. The summed E-state index contributed by atoms with van der Waals surface area (Å²) in [5.74, 6) is -0.232. The highest BCUT2D eigenvalue weighted by Crippen LogP contribution is 2.21. The smallest absolute Gasteiger partial charge is 0.257 e. The van der Waals surface area contributed by atoms with Crippen LogP contribution >= 0.6 is 12.2 Å². The van der Waals surface area contributed by atoms with Crippen LogP contribution in [0, 0.1) is 0 Å². The van der Waals surface area contributed by atoms with Crippen LogP contribution in [0.4, 0.5) is 5.69 Å². The van der Waals surface area contributed by atoms with Crippen LogP contribution in [0.5, 0.6) is 0 Å². The summed E-state index contributed by atoms with van der Waals surface area (Å²) >= 11 is 5.29. The summed E-state index contributed by atoms with van der Waals surface area (Å²) in [5, 5.41) is 8.18. The van der Waals surface area contributed by atoms with E-state index in [1.165, 1.54) is 0 Å². The highest BCUT2D eigenvalue weighted by molar-refractivity contribution is 7.80. The van der Waals surface area contributed by atoms with Crippen molar-refractivity contribution in [1.82, 2.24) is 5.32 Å². The third-order valence-electron chi connectivity index (χ3n) is 4.49. The lowest BCUT2D eigenvalue weighted by molar-refractivity contribution is 0.0978. The van der Waals surface area contributed by atoms with Gasteiger partial charge in [-0.1, -0.05) is 72.8 Å². The Bertz CT molecular complexity index is 1140. The van der Waals surface area contributed by atoms with Crippen molar-refractivity contribution in [2.24, 2.45) is 0 Å². The predicted molar refractivity (Wildman–Crippen MR) is 120 cm³/mol. The zero-order chi connectivity index (χ0) is 19.3. The summed E-state index contributed by atoms with van der Waals surface area (Å²) in [6, 6.07) is 31.6. The lowest BCUT2D eigenvalue weighted by atomic mass is 10.1. The van der Waals surface area contributed by atoms with E-state index in [2.05, 4.69) is 22.8 Å². The number of carbonyl (C=O) groups is 1. The number of rotatable bonds is 3. The maximum absolute atomic E-state index is 12.5. The third kappa shape index (κ3) is 4.08. The second-order valence-electron chi connectivity index (χ2n) is 6.41. The van der Waals surface area contributed by atoms with Gasteiger partial charge in [0.25, 0.3) is 5.91 Å². The van der Waals surface area contributed by atoms with Crippen molar-refractivity contribution < 1.29 is 4.79 Å². The van der Waals surface area contributed by atoms with Gasteiger partial charge in [0.15, 0.2) is 5.11 Å². The van der Waals surface area contributed by atoms with Gasteiger partial charge in [0.1, 0.15) is 0 Å². The monoisotopic (exact) mass is 382 g/mol. The minimum atomic E-state index is -0.232. The van der Waals surface area contributed by atoms with Crippen LogP contribution in [0.1, 0.15) is 10.4 Å². The standard InChI is InChI=1S/C24H18N2OS/c27-23(21-11-10-18-8-4-5-9-20(18)16-21)26-24(28)25-22-14-12-19(13-15-22)17-6-2-1-3-7-17/h1-16H,(H2,25,26,27,28). The van der Waals surface area contributed by atoms with Gasteiger partial charge in [0.05, 0.1) is 0 Å². The van der Waals surface area contributed by atoms with Crippen molar-refractivity contribution in [3.05, 3.63) is 103 Å². The second kappa shape index (κ2) is 8.03. The molecule has 0 saturated heterocycles. The lowest BCUT2D eigenvalue weighted by Crippen LogP contribution is -2.34. The molecule has 0 bridgehead atoms. The van der Waals surface area contributed by atoms with Gasteiger partial charge in [-0.05, 0) is 58.4 Å². The summed E-state index contributed by atoms with van der Waals surface area (Å²) in [5.41, 5.74) is 3.67. The molecule has 4 aromatic carbocycles. The summed E-state index contributed by atoms with van der Waals surface area (Å²) in [7, 11) is 0. The Labute approximate surface area is 169 Å². The van der Waals surface area contributed by atoms with E-state index in [0.717, 1.165) is 27.6 Å². The largest absolute Gasteiger partial charge is 0.332 e. The van der Waals surface area contributed by atoms with Crippen LogP contribution in [0.3, 0.4) is 0 Å². The topological polar surface area (TPSA) is 41.1 Å². The van der Waals surface area contributed by atoms with Gasteiger partial charge >= 0.3 is 0 Å². The second-order valence-corrected chi connectivity index (χ2v) is 6.82. The fraction of sp³-hybridized carbons (Fsp3) is 0. The molecule has 0 fully saturated rings. The Morgan fingerprint density at radius 3 is 2.07 bits per heavy atom. The molecule has 0 heterocycles. The van der Waals surface area contributed by atoms with Crippen LogP contribution in [-0.4, -0.2) is 11.0 Å². The molecule has 0 aliphatic carbocycles. The number of benzene rings is 4. The number of hydrogen-bond acceptors (Lipinski definition) is 2. The number of amides is 1. The first-order valence-corrected chi connectivity index (χ1v) is 9.36. The van der Waals surface area contributed by atoms with Gasteiger partial charge in [-0.2, -0.15) is 0 Å². The van der Waals surface area contributed by atoms with Crippen LogP contribution in [0.2, 0.25) is 0 Å². The number of nitrogens with one attached hydrogen (secondary N) is 2. The molecule has 4 aromatic rings. The average Bonchev–Trinajstić information content (AvgIpc) is 2.74.